The summed E-state index contributed by atoms with van der Waals surface area (Å²) in [5.41, 5.74) is 2.81. The van der Waals surface area contributed by atoms with Crippen molar-refractivity contribution in [1.82, 2.24) is 4.90 Å². The Kier molecular flexibility index (Phi) is 9.50. The van der Waals surface area contributed by atoms with Crippen molar-refractivity contribution in [2.24, 2.45) is 0 Å². The summed E-state index contributed by atoms with van der Waals surface area (Å²) >= 11 is 5.99. The maximum Gasteiger partial charge on any atom is 0.333 e. The van der Waals surface area contributed by atoms with E-state index in [9.17, 15) is 14.7 Å². The van der Waals surface area contributed by atoms with Gasteiger partial charge in [-0.1, -0.05) is 66.2 Å². The zero-order valence-corrected chi connectivity index (χ0v) is 19.8. The highest BCUT2D eigenvalue weighted by atomic mass is 35.5. The number of rotatable bonds is 12. The number of carboxylic acid groups (broad SMARTS) is 1. The minimum Gasteiger partial charge on any atom is -0.484 e. The molecule has 0 bridgehead atoms. The van der Waals surface area contributed by atoms with Crippen molar-refractivity contribution in [2.75, 3.05) is 13.2 Å². The van der Waals surface area contributed by atoms with Crippen LogP contribution in [0.1, 0.15) is 23.6 Å². The van der Waals surface area contributed by atoms with Gasteiger partial charge in [0, 0.05) is 31.1 Å². The molecule has 3 rings (SSSR count). The Morgan fingerprint density at radius 2 is 1.47 bits per heavy atom. The van der Waals surface area contributed by atoms with Gasteiger partial charge in [-0.3, -0.25) is 4.79 Å². The van der Waals surface area contributed by atoms with Crippen LogP contribution in [0.2, 0.25) is 5.02 Å². The number of hydrogen-bond donors (Lipinski definition) is 1. The quantitative estimate of drug-likeness (QED) is 0.395. The number of carboxylic acids is 1. The van der Waals surface area contributed by atoms with E-state index in [1.807, 2.05) is 42.5 Å². The number of ether oxygens (including phenoxy) is 2. The molecule has 178 valence electrons. The van der Waals surface area contributed by atoms with Gasteiger partial charge < -0.3 is 19.5 Å². The molecule has 0 aliphatic heterocycles. The van der Waals surface area contributed by atoms with Crippen LogP contribution in [-0.4, -0.2) is 41.2 Å². The summed E-state index contributed by atoms with van der Waals surface area (Å²) in [5, 5.41) is 9.89. The second kappa shape index (κ2) is 12.8. The van der Waals surface area contributed by atoms with Crippen molar-refractivity contribution in [2.45, 2.75) is 32.5 Å². The van der Waals surface area contributed by atoms with E-state index in [1.54, 1.807) is 48.2 Å². The van der Waals surface area contributed by atoms with Gasteiger partial charge >= 0.3 is 5.97 Å². The monoisotopic (exact) mass is 481 g/mol. The fourth-order valence-electron chi connectivity index (χ4n) is 3.44. The van der Waals surface area contributed by atoms with Crippen LogP contribution in [0.15, 0.2) is 78.9 Å². The van der Waals surface area contributed by atoms with E-state index in [1.165, 1.54) is 0 Å². The van der Waals surface area contributed by atoms with E-state index in [-0.39, 0.29) is 18.9 Å². The van der Waals surface area contributed by atoms with Crippen LogP contribution in [0.4, 0.5) is 0 Å². The zero-order valence-electron chi connectivity index (χ0n) is 19.0. The van der Waals surface area contributed by atoms with Crippen molar-refractivity contribution in [3.05, 3.63) is 101 Å². The van der Waals surface area contributed by atoms with Gasteiger partial charge in [0.15, 0.2) is 12.7 Å². The molecule has 1 atom stereocenters. The van der Waals surface area contributed by atoms with Crippen molar-refractivity contribution in [3.8, 4) is 5.75 Å². The van der Waals surface area contributed by atoms with Crippen LogP contribution >= 0.6 is 11.6 Å². The summed E-state index contributed by atoms with van der Waals surface area (Å²) in [4.78, 5) is 26.1. The maximum atomic E-state index is 13.0. The molecule has 7 heteroatoms. The Balaban J connectivity index is 1.62. The number of carbonyl (C=O) groups is 2. The molecule has 1 amide bonds. The molecule has 0 aromatic heterocycles. The van der Waals surface area contributed by atoms with Crippen molar-refractivity contribution in [3.63, 3.8) is 0 Å². The highest BCUT2D eigenvalue weighted by molar-refractivity contribution is 6.30. The van der Waals surface area contributed by atoms with Crippen LogP contribution < -0.4 is 4.74 Å². The Bertz CT molecular complexity index is 1050. The van der Waals surface area contributed by atoms with E-state index in [2.05, 4.69) is 0 Å². The summed E-state index contributed by atoms with van der Waals surface area (Å²) in [7, 11) is 0. The van der Waals surface area contributed by atoms with Crippen LogP contribution in [0.25, 0.3) is 0 Å². The van der Waals surface area contributed by atoms with E-state index in [0.29, 0.717) is 30.5 Å². The van der Waals surface area contributed by atoms with E-state index < -0.39 is 12.1 Å². The lowest BCUT2D eigenvalue weighted by molar-refractivity contribution is -0.150. The fraction of sp³-hybridized carbons (Fsp3) is 0.259. The summed E-state index contributed by atoms with van der Waals surface area (Å²) in [6.45, 7) is 2.87. The molecule has 0 heterocycles. The van der Waals surface area contributed by atoms with Crippen LogP contribution in [-0.2, 0) is 33.8 Å². The van der Waals surface area contributed by atoms with Gasteiger partial charge in [0.1, 0.15) is 5.75 Å². The second-order valence-electron chi connectivity index (χ2n) is 7.78. The summed E-state index contributed by atoms with van der Waals surface area (Å²) in [5.74, 6) is -0.608. The van der Waals surface area contributed by atoms with Crippen LogP contribution in [0.5, 0.6) is 5.75 Å². The molecule has 0 aliphatic rings. The Morgan fingerprint density at radius 1 is 0.882 bits per heavy atom. The lowest BCUT2D eigenvalue weighted by atomic mass is 10.1. The normalized spacial score (nSPS) is 11.6. The third-order valence-electron chi connectivity index (χ3n) is 5.21. The van der Waals surface area contributed by atoms with Gasteiger partial charge in [-0.05, 0) is 47.9 Å². The smallest absolute Gasteiger partial charge is 0.333 e. The minimum absolute atomic E-state index is 0.115. The average molecular weight is 482 g/mol. The van der Waals surface area contributed by atoms with Gasteiger partial charge in [0.05, 0.1) is 0 Å². The molecule has 0 saturated carbocycles. The van der Waals surface area contributed by atoms with Crippen LogP contribution in [0.3, 0.4) is 0 Å². The van der Waals surface area contributed by atoms with E-state index in [4.69, 9.17) is 21.1 Å². The summed E-state index contributed by atoms with van der Waals surface area (Å²) < 4.78 is 11.0. The number of nitrogens with zero attached hydrogens (tertiary/aromatic N) is 1. The molecule has 0 fully saturated rings. The molecule has 3 aromatic rings. The number of halogens is 1. The molecule has 0 spiro atoms. The van der Waals surface area contributed by atoms with Gasteiger partial charge in [-0.15, -0.1) is 0 Å². The zero-order chi connectivity index (χ0) is 24.3. The van der Waals surface area contributed by atoms with Gasteiger partial charge in [-0.25, -0.2) is 4.79 Å². The van der Waals surface area contributed by atoms with Crippen molar-refractivity contribution >= 4 is 23.5 Å². The third-order valence-corrected chi connectivity index (χ3v) is 5.46. The van der Waals surface area contributed by atoms with Gasteiger partial charge in [0.25, 0.3) is 5.91 Å². The number of carbonyl (C=O) groups excluding carboxylic acids is 1. The lowest BCUT2D eigenvalue weighted by Gasteiger charge is -2.23. The maximum absolute atomic E-state index is 13.0. The van der Waals surface area contributed by atoms with Crippen molar-refractivity contribution < 1.29 is 24.2 Å². The first-order valence-corrected chi connectivity index (χ1v) is 11.4. The largest absolute Gasteiger partial charge is 0.484 e. The third kappa shape index (κ3) is 7.90. The number of amides is 1. The van der Waals surface area contributed by atoms with E-state index in [0.717, 1.165) is 16.7 Å². The average Bonchev–Trinajstić information content (AvgIpc) is 2.84. The lowest BCUT2D eigenvalue weighted by Crippen LogP contribution is -2.34. The number of benzene rings is 3. The molecule has 0 aliphatic carbocycles. The summed E-state index contributed by atoms with van der Waals surface area (Å²) in [6, 6.07) is 24.2. The second-order valence-corrected chi connectivity index (χ2v) is 8.22. The molecular formula is C27H28ClNO5. The first-order valence-electron chi connectivity index (χ1n) is 11.1. The molecule has 0 radical (unpaired) electrons. The molecule has 3 aromatic carbocycles. The summed E-state index contributed by atoms with van der Waals surface area (Å²) in [6.07, 6.45) is -0.633. The predicted octanol–water partition coefficient (Wildman–Crippen LogP) is 4.98. The SMILES string of the molecule is CCO[C@@H](Cc1ccc(OCC(=O)N(Cc2ccccc2)Cc2ccc(Cl)cc2)cc1)C(=O)O. The fourth-order valence-corrected chi connectivity index (χ4v) is 3.56. The highest BCUT2D eigenvalue weighted by Crippen LogP contribution is 2.17. The first-order chi connectivity index (χ1) is 16.4. The standard InChI is InChI=1S/C27H28ClNO5/c1-2-33-25(27(31)32)16-20-10-14-24(15-11-20)34-19-26(30)29(17-21-6-4-3-5-7-21)18-22-8-12-23(28)13-9-22/h3-15,25H,2,16-19H2,1H3,(H,31,32)/t25-/m0/s1. The topological polar surface area (TPSA) is 76.1 Å². The molecule has 34 heavy (non-hydrogen) atoms. The molecule has 1 N–H and O–H groups in total. The molecule has 0 saturated heterocycles. The molecule has 0 unspecified atom stereocenters. The highest BCUT2D eigenvalue weighted by Gasteiger charge is 2.18. The predicted molar refractivity (Wildman–Crippen MR) is 131 cm³/mol. The minimum atomic E-state index is -0.994. The Hall–Kier alpha value is -3.35. The van der Waals surface area contributed by atoms with Crippen molar-refractivity contribution in [1.29, 1.82) is 0 Å². The molecular weight excluding hydrogens is 454 g/mol. The number of hydrogen-bond acceptors (Lipinski definition) is 4. The van der Waals surface area contributed by atoms with E-state index >= 15 is 0 Å². The van der Waals surface area contributed by atoms with Gasteiger partial charge in [-0.2, -0.15) is 0 Å². The number of aliphatic carboxylic acids is 1. The first kappa shape index (κ1) is 25.3. The molecule has 6 nitrogen and oxygen atoms in total. The Labute approximate surface area is 204 Å². The van der Waals surface area contributed by atoms with Crippen LogP contribution in [0, 0.1) is 0 Å². The Morgan fingerprint density at radius 3 is 2.06 bits per heavy atom. The van der Waals surface area contributed by atoms with Gasteiger partial charge in [0.2, 0.25) is 0 Å².